The van der Waals surface area contributed by atoms with Gasteiger partial charge in [0.1, 0.15) is 28.5 Å². The van der Waals surface area contributed by atoms with Gasteiger partial charge >= 0.3 is 5.97 Å². The number of halogens is 1. The van der Waals surface area contributed by atoms with E-state index in [4.69, 9.17) is 22.4 Å². The summed E-state index contributed by atoms with van der Waals surface area (Å²) in [5, 5.41) is 31.5. The van der Waals surface area contributed by atoms with Crippen molar-refractivity contribution in [3.63, 3.8) is 0 Å². The third kappa shape index (κ3) is 5.42. The zero-order chi connectivity index (χ0) is 24.0. The molecule has 1 amide bonds. The largest absolute Gasteiger partial charge is 0.478 e. The molecule has 33 heavy (non-hydrogen) atoms. The summed E-state index contributed by atoms with van der Waals surface area (Å²) in [6, 6.07) is 17.2. The van der Waals surface area contributed by atoms with Gasteiger partial charge in [-0.15, -0.1) is 11.8 Å². The Morgan fingerprint density at radius 1 is 1.12 bits per heavy atom. The first-order chi connectivity index (χ1) is 15.8. The molecule has 0 aliphatic heterocycles. The molecule has 0 unspecified atom stereocenters. The number of anilines is 2. The normalized spacial score (nSPS) is 10.2. The summed E-state index contributed by atoms with van der Waals surface area (Å²) in [5.74, 6) is -1.28. The van der Waals surface area contributed by atoms with Crippen LogP contribution in [0.5, 0.6) is 0 Å². The Bertz CT molecular complexity index is 1320. The van der Waals surface area contributed by atoms with Gasteiger partial charge in [0.15, 0.2) is 0 Å². The molecule has 1 heterocycles. The fourth-order valence-corrected chi connectivity index (χ4v) is 4.16. The van der Waals surface area contributed by atoms with Gasteiger partial charge < -0.3 is 16.2 Å². The van der Waals surface area contributed by atoms with Crippen LogP contribution in [0, 0.1) is 22.7 Å². The number of amides is 1. The summed E-state index contributed by atoms with van der Waals surface area (Å²) in [5.41, 5.74) is 7.57. The van der Waals surface area contributed by atoms with Crippen LogP contribution in [0.3, 0.4) is 0 Å². The zero-order valence-electron chi connectivity index (χ0n) is 17.0. The number of nitrogens with two attached hydrogens (primary N) is 1. The fraction of sp³-hybridized carbons (Fsp3) is 0.0870. The molecule has 0 atom stereocenters. The Morgan fingerprint density at radius 3 is 2.45 bits per heavy atom. The molecule has 0 radical (unpaired) electrons. The van der Waals surface area contributed by atoms with Crippen LogP contribution in [-0.2, 0) is 4.79 Å². The molecule has 3 rings (SSSR count). The maximum absolute atomic E-state index is 12.3. The van der Waals surface area contributed by atoms with E-state index in [0.717, 1.165) is 11.8 Å². The molecule has 4 N–H and O–H groups in total. The van der Waals surface area contributed by atoms with Crippen LogP contribution in [-0.4, -0.2) is 27.7 Å². The van der Waals surface area contributed by atoms with Gasteiger partial charge in [0, 0.05) is 23.4 Å². The number of nitrogens with one attached hydrogen (secondary N) is 1. The molecule has 0 aliphatic carbocycles. The number of hydrogen-bond acceptors (Lipinski definition) is 7. The quantitative estimate of drug-likeness (QED) is 0.419. The van der Waals surface area contributed by atoms with E-state index in [1.807, 2.05) is 12.1 Å². The summed E-state index contributed by atoms with van der Waals surface area (Å²) in [6.45, 7) is 0. The SMILES string of the molecule is N#Cc1c(N)nc(SCCC(=O)Nc2ccc(Cl)c(C(=O)O)c2)c(C#N)c1-c1ccccc1. The molecule has 1 aromatic heterocycles. The number of carboxylic acid groups (broad SMARTS) is 1. The monoisotopic (exact) mass is 477 g/mol. The number of nitrogens with zero attached hydrogens (tertiary/aromatic N) is 3. The van der Waals surface area contributed by atoms with Crippen molar-refractivity contribution in [2.75, 3.05) is 16.8 Å². The molecule has 0 aliphatic rings. The lowest BCUT2D eigenvalue weighted by Crippen LogP contribution is -2.13. The second kappa shape index (κ2) is 10.5. The molecular formula is C23H16ClN5O3S. The lowest BCUT2D eigenvalue weighted by molar-refractivity contribution is -0.115. The van der Waals surface area contributed by atoms with Crippen LogP contribution < -0.4 is 11.1 Å². The van der Waals surface area contributed by atoms with Crippen molar-refractivity contribution in [1.29, 1.82) is 10.5 Å². The van der Waals surface area contributed by atoms with Crippen LogP contribution in [0.1, 0.15) is 27.9 Å². The van der Waals surface area contributed by atoms with E-state index < -0.39 is 5.97 Å². The second-order valence-electron chi connectivity index (χ2n) is 6.66. The van der Waals surface area contributed by atoms with Gasteiger partial charge in [-0.25, -0.2) is 9.78 Å². The van der Waals surface area contributed by atoms with Gasteiger partial charge in [0.05, 0.1) is 16.1 Å². The molecule has 8 nitrogen and oxygen atoms in total. The average Bonchev–Trinajstić information content (AvgIpc) is 2.80. The molecule has 0 fully saturated rings. The molecule has 164 valence electrons. The van der Waals surface area contributed by atoms with Gasteiger partial charge in [-0.2, -0.15) is 10.5 Å². The Morgan fingerprint density at radius 2 is 1.82 bits per heavy atom. The average molecular weight is 478 g/mol. The minimum atomic E-state index is -1.20. The van der Waals surface area contributed by atoms with E-state index in [0.29, 0.717) is 21.8 Å². The Balaban J connectivity index is 1.77. The van der Waals surface area contributed by atoms with Gasteiger partial charge in [0.2, 0.25) is 5.91 Å². The summed E-state index contributed by atoms with van der Waals surface area (Å²) >= 11 is 7.00. The summed E-state index contributed by atoms with van der Waals surface area (Å²) in [7, 11) is 0. The maximum atomic E-state index is 12.3. The molecule has 0 bridgehead atoms. The highest BCUT2D eigenvalue weighted by atomic mass is 35.5. The van der Waals surface area contributed by atoms with Crippen molar-refractivity contribution in [3.05, 3.63) is 70.2 Å². The van der Waals surface area contributed by atoms with E-state index >= 15 is 0 Å². The molecule has 3 aromatic rings. The number of benzene rings is 2. The Hall–Kier alpha value is -4.05. The number of rotatable bonds is 7. The van der Waals surface area contributed by atoms with Crippen LogP contribution in [0.25, 0.3) is 11.1 Å². The predicted octanol–water partition coefficient (Wildman–Crippen LogP) is 4.55. The highest BCUT2D eigenvalue weighted by Crippen LogP contribution is 2.35. The van der Waals surface area contributed by atoms with Crippen molar-refractivity contribution < 1.29 is 14.7 Å². The van der Waals surface area contributed by atoms with E-state index in [2.05, 4.69) is 16.4 Å². The molecular weight excluding hydrogens is 462 g/mol. The Labute approximate surface area is 198 Å². The predicted molar refractivity (Wildman–Crippen MR) is 126 cm³/mol. The number of thioether (sulfide) groups is 1. The number of carboxylic acids is 1. The number of aromatic nitrogens is 1. The fourth-order valence-electron chi connectivity index (χ4n) is 3.03. The summed E-state index contributed by atoms with van der Waals surface area (Å²) in [4.78, 5) is 27.7. The first kappa shape index (κ1) is 23.6. The van der Waals surface area contributed by atoms with Gasteiger partial charge in [-0.1, -0.05) is 41.9 Å². The molecule has 10 heteroatoms. The van der Waals surface area contributed by atoms with E-state index in [1.54, 1.807) is 24.3 Å². The topological polar surface area (TPSA) is 153 Å². The van der Waals surface area contributed by atoms with Crippen LogP contribution >= 0.6 is 23.4 Å². The first-order valence-electron chi connectivity index (χ1n) is 9.50. The number of aromatic carboxylic acids is 1. The van der Waals surface area contributed by atoms with E-state index in [-0.39, 0.29) is 45.6 Å². The van der Waals surface area contributed by atoms with Crippen molar-refractivity contribution >= 4 is 46.7 Å². The molecule has 2 aromatic carbocycles. The number of nitrogen functional groups attached to an aromatic ring is 1. The Kier molecular flexibility index (Phi) is 7.52. The third-order valence-corrected chi connectivity index (χ3v) is 5.83. The first-order valence-corrected chi connectivity index (χ1v) is 10.9. The highest BCUT2D eigenvalue weighted by molar-refractivity contribution is 7.99. The summed E-state index contributed by atoms with van der Waals surface area (Å²) < 4.78 is 0. The number of carbonyl (C=O) groups is 2. The van der Waals surface area contributed by atoms with Crippen LogP contribution in [0.4, 0.5) is 11.5 Å². The van der Waals surface area contributed by atoms with Crippen molar-refractivity contribution in [3.8, 4) is 23.3 Å². The van der Waals surface area contributed by atoms with Crippen LogP contribution in [0.15, 0.2) is 53.6 Å². The minimum absolute atomic E-state index is 0.00432. The van der Waals surface area contributed by atoms with Crippen molar-refractivity contribution in [2.24, 2.45) is 0 Å². The smallest absolute Gasteiger partial charge is 0.337 e. The minimum Gasteiger partial charge on any atom is -0.478 e. The van der Waals surface area contributed by atoms with Gasteiger partial charge in [0.25, 0.3) is 0 Å². The zero-order valence-corrected chi connectivity index (χ0v) is 18.6. The highest BCUT2D eigenvalue weighted by Gasteiger charge is 2.20. The van der Waals surface area contributed by atoms with Gasteiger partial charge in [-0.05, 0) is 23.8 Å². The second-order valence-corrected chi connectivity index (χ2v) is 8.15. The number of hydrogen-bond donors (Lipinski definition) is 3. The molecule has 0 saturated heterocycles. The van der Waals surface area contributed by atoms with Crippen molar-refractivity contribution in [1.82, 2.24) is 4.98 Å². The molecule has 0 saturated carbocycles. The number of nitriles is 2. The lowest BCUT2D eigenvalue weighted by atomic mass is 9.97. The number of carbonyl (C=O) groups excluding carboxylic acids is 1. The molecule has 0 spiro atoms. The van der Waals surface area contributed by atoms with Crippen LogP contribution in [0.2, 0.25) is 5.02 Å². The third-order valence-electron chi connectivity index (χ3n) is 4.53. The summed E-state index contributed by atoms with van der Waals surface area (Å²) in [6.07, 6.45) is 0.0584. The number of pyridine rings is 1. The van der Waals surface area contributed by atoms with Gasteiger partial charge in [-0.3, -0.25) is 4.79 Å². The maximum Gasteiger partial charge on any atom is 0.337 e. The van der Waals surface area contributed by atoms with E-state index in [1.165, 1.54) is 18.2 Å². The van der Waals surface area contributed by atoms with Crippen molar-refractivity contribution in [2.45, 2.75) is 11.4 Å². The van der Waals surface area contributed by atoms with E-state index in [9.17, 15) is 20.1 Å². The lowest BCUT2D eigenvalue weighted by Gasteiger charge is -2.13. The standard InChI is InChI=1S/C23H16ClN5O3S/c24-18-7-6-14(10-15(18)23(31)32)28-19(30)8-9-33-22-17(12-26)20(13-4-2-1-3-5-13)16(11-25)21(27)29-22/h1-7,10H,8-9H2,(H2,27,29)(H,28,30)(H,31,32).